The third-order valence-corrected chi connectivity index (χ3v) is 3.46. The molecule has 0 bridgehead atoms. The number of carbonyl (C=O) groups excluding carboxylic acids is 2. The molecule has 1 fully saturated rings. The Morgan fingerprint density at radius 2 is 2.10 bits per heavy atom. The molecule has 20 heavy (non-hydrogen) atoms. The number of hydrogen-bond acceptors (Lipinski definition) is 4. The van der Waals surface area contributed by atoms with E-state index in [0.29, 0.717) is 18.3 Å². The van der Waals surface area contributed by atoms with Gasteiger partial charge in [0.15, 0.2) is 6.10 Å². The summed E-state index contributed by atoms with van der Waals surface area (Å²) in [6.45, 7) is 0.505. The van der Waals surface area contributed by atoms with Gasteiger partial charge in [0.25, 0.3) is 5.91 Å². The van der Waals surface area contributed by atoms with Gasteiger partial charge >= 0.3 is 0 Å². The number of amides is 2. The second-order valence-electron chi connectivity index (χ2n) is 5.20. The van der Waals surface area contributed by atoms with Crippen LogP contribution in [0.25, 0.3) is 0 Å². The van der Waals surface area contributed by atoms with Crippen molar-refractivity contribution >= 4 is 17.5 Å². The van der Waals surface area contributed by atoms with Crippen molar-refractivity contribution in [2.45, 2.75) is 25.0 Å². The molecule has 1 aromatic rings. The Labute approximate surface area is 116 Å². The lowest BCUT2D eigenvalue weighted by Gasteiger charge is -2.34. The average Bonchev–Trinajstić information content (AvgIpc) is 3.22. The number of nitrogens with one attached hydrogen (secondary N) is 1. The third kappa shape index (κ3) is 2.68. The van der Waals surface area contributed by atoms with Crippen molar-refractivity contribution in [2.75, 3.05) is 18.0 Å². The van der Waals surface area contributed by atoms with E-state index in [9.17, 15) is 9.59 Å². The van der Waals surface area contributed by atoms with Crippen LogP contribution >= 0.6 is 0 Å². The molecule has 3 N–H and O–H groups in total. The number of benzene rings is 1. The Kier molecular flexibility index (Phi) is 3.22. The number of ether oxygens (including phenoxy) is 1. The van der Waals surface area contributed by atoms with Crippen molar-refractivity contribution in [3.8, 4) is 5.75 Å². The van der Waals surface area contributed by atoms with Crippen molar-refractivity contribution in [1.82, 2.24) is 5.32 Å². The summed E-state index contributed by atoms with van der Waals surface area (Å²) in [6.07, 6.45) is 1.38. The van der Waals surface area contributed by atoms with Crippen molar-refractivity contribution in [2.24, 2.45) is 5.73 Å². The molecule has 1 aliphatic heterocycles. The molecular formula is C14H17N3O3. The quantitative estimate of drug-likeness (QED) is 0.811. The van der Waals surface area contributed by atoms with E-state index in [0.717, 1.165) is 18.5 Å². The molecular weight excluding hydrogens is 258 g/mol. The molecule has 1 aliphatic carbocycles. The van der Waals surface area contributed by atoms with Crippen LogP contribution in [0.1, 0.15) is 12.8 Å². The molecule has 6 heteroatoms. The smallest absolute Gasteiger partial charge is 0.260 e. The zero-order chi connectivity index (χ0) is 14.1. The fourth-order valence-electron chi connectivity index (χ4n) is 2.28. The first-order valence-electron chi connectivity index (χ1n) is 6.73. The van der Waals surface area contributed by atoms with Gasteiger partial charge in [-0.05, 0) is 25.0 Å². The second-order valence-corrected chi connectivity index (χ2v) is 5.20. The molecule has 0 saturated heterocycles. The molecule has 106 valence electrons. The lowest BCUT2D eigenvalue weighted by atomic mass is 10.2. The van der Waals surface area contributed by atoms with Crippen LogP contribution in [0, 0.1) is 0 Å². The monoisotopic (exact) mass is 275 g/mol. The maximum Gasteiger partial charge on any atom is 0.260 e. The van der Waals surface area contributed by atoms with Crippen LogP contribution < -0.4 is 20.7 Å². The van der Waals surface area contributed by atoms with Gasteiger partial charge in [-0.3, -0.25) is 9.59 Å². The van der Waals surface area contributed by atoms with Crippen LogP contribution in [0.3, 0.4) is 0 Å². The summed E-state index contributed by atoms with van der Waals surface area (Å²) in [5.74, 6) is 0.0290. The standard InChI is InChI=1S/C14H17N3O3/c15-14(19)12-7-17(8-13(18)16-9-5-6-9)10-3-1-2-4-11(10)20-12/h1-4,9,12H,5-8H2,(H2,15,19)(H,16,18). The van der Waals surface area contributed by atoms with Gasteiger partial charge in [-0.2, -0.15) is 0 Å². The zero-order valence-electron chi connectivity index (χ0n) is 11.0. The van der Waals surface area contributed by atoms with Gasteiger partial charge in [0, 0.05) is 6.04 Å². The number of fused-ring (bicyclic) bond motifs is 1. The Balaban J connectivity index is 1.77. The molecule has 2 aliphatic rings. The molecule has 2 amide bonds. The van der Waals surface area contributed by atoms with Gasteiger partial charge in [0.2, 0.25) is 5.91 Å². The summed E-state index contributed by atoms with van der Waals surface area (Å²) in [6, 6.07) is 7.67. The van der Waals surface area contributed by atoms with Gasteiger partial charge < -0.3 is 20.7 Å². The van der Waals surface area contributed by atoms with Gasteiger partial charge in [0.05, 0.1) is 18.8 Å². The fourth-order valence-corrected chi connectivity index (χ4v) is 2.28. The van der Waals surface area contributed by atoms with Crippen LogP contribution in [0.4, 0.5) is 5.69 Å². The topological polar surface area (TPSA) is 84.7 Å². The lowest BCUT2D eigenvalue weighted by molar-refractivity contribution is -0.125. The number of para-hydroxylation sites is 2. The maximum absolute atomic E-state index is 11.9. The van der Waals surface area contributed by atoms with Crippen molar-refractivity contribution in [1.29, 1.82) is 0 Å². The number of anilines is 1. The third-order valence-electron chi connectivity index (χ3n) is 3.46. The highest BCUT2D eigenvalue weighted by atomic mass is 16.5. The van der Waals surface area contributed by atoms with Gasteiger partial charge in [-0.25, -0.2) is 0 Å². The number of primary amides is 1. The maximum atomic E-state index is 11.9. The molecule has 1 saturated carbocycles. The van der Waals surface area contributed by atoms with Crippen molar-refractivity contribution < 1.29 is 14.3 Å². The second kappa shape index (κ2) is 5.03. The summed E-state index contributed by atoms with van der Waals surface area (Å²) >= 11 is 0. The average molecular weight is 275 g/mol. The molecule has 1 unspecified atom stereocenters. The minimum Gasteiger partial charge on any atom is -0.477 e. The van der Waals surface area contributed by atoms with Crippen LogP contribution in [0.5, 0.6) is 5.75 Å². The predicted octanol–water partition coefficient (Wildman–Crippen LogP) is 0.0179. The summed E-state index contributed by atoms with van der Waals surface area (Å²) in [4.78, 5) is 25.1. The van der Waals surface area contributed by atoms with Gasteiger partial charge in [-0.1, -0.05) is 12.1 Å². The highest BCUT2D eigenvalue weighted by Crippen LogP contribution is 2.32. The minimum absolute atomic E-state index is 0.0348. The molecule has 1 heterocycles. The number of nitrogens with two attached hydrogens (primary N) is 1. The van der Waals surface area contributed by atoms with E-state index in [2.05, 4.69) is 5.32 Å². The lowest BCUT2D eigenvalue weighted by Crippen LogP contribution is -2.50. The minimum atomic E-state index is -0.723. The fraction of sp³-hybridized carbons (Fsp3) is 0.429. The summed E-state index contributed by atoms with van der Waals surface area (Å²) < 4.78 is 5.55. The normalized spacial score (nSPS) is 20.8. The van der Waals surface area contributed by atoms with E-state index in [1.165, 1.54) is 0 Å². The summed E-state index contributed by atoms with van der Waals surface area (Å²) in [5, 5.41) is 2.94. The number of nitrogens with zero attached hydrogens (tertiary/aromatic N) is 1. The Bertz CT molecular complexity index is 542. The van der Waals surface area contributed by atoms with E-state index in [-0.39, 0.29) is 12.5 Å². The van der Waals surface area contributed by atoms with E-state index in [1.54, 1.807) is 6.07 Å². The van der Waals surface area contributed by atoms with E-state index in [4.69, 9.17) is 10.5 Å². The number of hydrogen-bond donors (Lipinski definition) is 2. The summed E-state index contributed by atoms with van der Waals surface area (Å²) in [5.41, 5.74) is 6.13. The predicted molar refractivity (Wildman–Crippen MR) is 73.4 cm³/mol. The molecule has 1 aromatic carbocycles. The highest BCUT2D eigenvalue weighted by molar-refractivity contribution is 5.85. The largest absolute Gasteiger partial charge is 0.477 e. The summed E-state index contributed by atoms with van der Waals surface area (Å²) in [7, 11) is 0. The van der Waals surface area contributed by atoms with Gasteiger partial charge in [-0.15, -0.1) is 0 Å². The van der Waals surface area contributed by atoms with Gasteiger partial charge in [0.1, 0.15) is 5.75 Å². The first-order chi connectivity index (χ1) is 9.63. The Morgan fingerprint density at radius 3 is 2.80 bits per heavy atom. The van der Waals surface area contributed by atoms with Crippen molar-refractivity contribution in [3.63, 3.8) is 0 Å². The van der Waals surface area contributed by atoms with E-state index in [1.807, 2.05) is 23.1 Å². The molecule has 3 rings (SSSR count). The van der Waals surface area contributed by atoms with Crippen LogP contribution in [0.2, 0.25) is 0 Å². The van der Waals surface area contributed by atoms with Crippen LogP contribution in [-0.2, 0) is 9.59 Å². The molecule has 6 nitrogen and oxygen atoms in total. The van der Waals surface area contributed by atoms with Crippen molar-refractivity contribution in [3.05, 3.63) is 24.3 Å². The number of rotatable bonds is 4. The van der Waals surface area contributed by atoms with E-state index >= 15 is 0 Å². The van der Waals surface area contributed by atoms with E-state index < -0.39 is 12.0 Å². The first kappa shape index (κ1) is 12.8. The van der Waals surface area contributed by atoms with Crippen LogP contribution in [0.15, 0.2) is 24.3 Å². The van der Waals surface area contributed by atoms with Crippen LogP contribution in [-0.4, -0.2) is 37.0 Å². The molecule has 0 aromatic heterocycles. The Hall–Kier alpha value is -2.24. The zero-order valence-corrected chi connectivity index (χ0v) is 11.0. The first-order valence-corrected chi connectivity index (χ1v) is 6.73. The number of carbonyl (C=O) groups is 2. The highest BCUT2D eigenvalue weighted by Gasteiger charge is 2.31. The SMILES string of the molecule is NC(=O)C1CN(CC(=O)NC2CC2)c2ccccc2O1. The molecule has 0 spiro atoms. The molecule has 1 atom stereocenters. The Morgan fingerprint density at radius 1 is 1.35 bits per heavy atom. The molecule has 0 radical (unpaired) electrons.